The van der Waals surface area contributed by atoms with Gasteiger partial charge in [0.1, 0.15) is 0 Å². The van der Waals surface area contributed by atoms with Gasteiger partial charge in [-0.3, -0.25) is 4.79 Å². The number of carboxylic acids is 1. The molecule has 0 aromatic heterocycles. The largest absolute Gasteiger partial charge is 0.480 e. The molecule has 1 aromatic carbocycles. The lowest BCUT2D eigenvalue weighted by Crippen LogP contribution is -2.37. The Morgan fingerprint density at radius 2 is 1.78 bits per heavy atom. The Morgan fingerprint density at radius 1 is 1.28 bits per heavy atom. The molecule has 0 bridgehead atoms. The summed E-state index contributed by atoms with van der Waals surface area (Å²) in [6, 6.07) is 7.49. The van der Waals surface area contributed by atoms with Gasteiger partial charge in [0.05, 0.1) is 0 Å². The average Bonchev–Trinajstić information content (AvgIpc) is 2.36. The Kier molecular flexibility index (Phi) is 4.86. The predicted molar refractivity (Wildman–Crippen MR) is 68.7 cm³/mol. The van der Waals surface area contributed by atoms with Crippen molar-refractivity contribution in [3.05, 3.63) is 35.4 Å². The van der Waals surface area contributed by atoms with E-state index in [-0.39, 0.29) is 6.54 Å². The van der Waals surface area contributed by atoms with Gasteiger partial charge < -0.3 is 5.11 Å². The van der Waals surface area contributed by atoms with Crippen LogP contribution in [-0.2, 0) is 27.8 Å². The molecule has 1 rings (SSSR count). The highest BCUT2D eigenvalue weighted by molar-refractivity contribution is 7.90. The van der Waals surface area contributed by atoms with Gasteiger partial charge in [0.2, 0.25) is 10.0 Å². The molecule has 0 saturated heterocycles. The van der Waals surface area contributed by atoms with Crippen molar-refractivity contribution < 1.29 is 18.3 Å². The number of sulfonamides is 1. The van der Waals surface area contributed by atoms with E-state index < -0.39 is 21.2 Å². The van der Waals surface area contributed by atoms with Crippen LogP contribution in [0.3, 0.4) is 0 Å². The molecule has 18 heavy (non-hydrogen) atoms. The first-order valence-electron chi connectivity index (χ1n) is 5.66. The highest BCUT2D eigenvalue weighted by atomic mass is 32.2. The van der Waals surface area contributed by atoms with Crippen LogP contribution >= 0.6 is 0 Å². The molecule has 0 aliphatic heterocycles. The van der Waals surface area contributed by atoms with E-state index in [9.17, 15) is 13.2 Å². The molecule has 5 nitrogen and oxygen atoms in total. The van der Waals surface area contributed by atoms with E-state index in [0.29, 0.717) is 0 Å². The Bertz CT molecular complexity index is 507. The second-order valence-electron chi connectivity index (χ2n) is 4.02. The van der Waals surface area contributed by atoms with E-state index >= 15 is 0 Å². The predicted octanol–water partition coefficient (Wildman–Crippen LogP) is 1.14. The lowest BCUT2D eigenvalue weighted by Gasteiger charge is -2.10. The molecule has 0 saturated carbocycles. The van der Waals surface area contributed by atoms with Crippen LogP contribution in [0.5, 0.6) is 0 Å². The molecule has 1 aromatic rings. The Hall–Kier alpha value is -1.40. The van der Waals surface area contributed by atoms with E-state index in [1.54, 1.807) is 0 Å². The second-order valence-corrected chi connectivity index (χ2v) is 6.10. The molecule has 0 aliphatic carbocycles. The Morgan fingerprint density at radius 3 is 2.22 bits per heavy atom. The highest BCUT2D eigenvalue weighted by Gasteiger charge is 2.26. The van der Waals surface area contributed by atoms with E-state index in [1.165, 1.54) is 5.56 Å². The first-order chi connectivity index (χ1) is 8.36. The van der Waals surface area contributed by atoms with E-state index in [2.05, 4.69) is 4.72 Å². The summed E-state index contributed by atoms with van der Waals surface area (Å²) in [6.45, 7) is 3.28. The van der Waals surface area contributed by atoms with E-state index in [4.69, 9.17) is 5.11 Å². The minimum absolute atomic E-state index is 0.101. The SMILES string of the molecule is CCc1ccc(CNS(=O)(=O)C(C)C(=O)O)cc1. The summed E-state index contributed by atoms with van der Waals surface area (Å²) in [5, 5.41) is 7.21. The van der Waals surface area contributed by atoms with E-state index in [0.717, 1.165) is 18.9 Å². The van der Waals surface area contributed by atoms with Gasteiger partial charge >= 0.3 is 5.97 Å². The molecule has 0 fully saturated rings. The average molecular weight is 271 g/mol. The number of hydrogen-bond donors (Lipinski definition) is 2. The summed E-state index contributed by atoms with van der Waals surface area (Å²) in [7, 11) is -3.82. The van der Waals surface area contributed by atoms with Crippen LogP contribution in [0.1, 0.15) is 25.0 Å². The third kappa shape index (κ3) is 3.82. The molecule has 0 heterocycles. The summed E-state index contributed by atoms with van der Waals surface area (Å²) < 4.78 is 25.4. The normalized spacial score (nSPS) is 13.2. The van der Waals surface area contributed by atoms with Crippen LogP contribution in [-0.4, -0.2) is 24.7 Å². The van der Waals surface area contributed by atoms with Crippen molar-refractivity contribution in [2.24, 2.45) is 0 Å². The van der Waals surface area contributed by atoms with Crippen LogP contribution < -0.4 is 4.72 Å². The summed E-state index contributed by atoms with van der Waals surface area (Å²) in [5.41, 5.74) is 1.97. The molecule has 0 amide bonds. The monoisotopic (exact) mass is 271 g/mol. The van der Waals surface area contributed by atoms with E-state index in [1.807, 2.05) is 31.2 Å². The molecule has 1 atom stereocenters. The zero-order valence-electron chi connectivity index (χ0n) is 10.4. The summed E-state index contributed by atoms with van der Waals surface area (Å²) in [6.07, 6.45) is 0.919. The molecular formula is C12H17NO4S. The fourth-order valence-corrected chi connectivity index (χ4v) is 2.22. The van der Waals surface area contributed by atoms with Crippen molar-refractivity contribution in [3.8, 4) is 0 Å². The van der Waals surface area contributed by atoms with Gasteiger partial charge in [-0.2, -0.15) is 0 Å². The number of carboxylic acid groups (broad SMARTS) is 1. The van der Waals surface area contributed by atoms with Crippen molar-refractivity contribution >= 4 is 16.0 Å². The molecule has 100 valence electrons. The van der Waals surface area contributed by atoms with Crippen molar-refractivity contribution in [1.82, 2.24) is 4.72 Å². The van der Waals surface area contributed by atoms with Gasteiger partial charge in [-0.15, -0.1) is 0 Å². The molecule has 0 spiro atoms. The van der Waals surface area contributed by atoms with Gasteiger partial charge in [0.15, 0.2) is 5.25 Å². The fourth-order valence-electron chi connectivity index (χ4n) is 1.33. The van der Waals surface area contributed by atoms with Crippen molar-refractivity contribution in [3.63, 3.8) is 0 Å². The van der Waals surface area contributed by atoms with Gasteiger partial charge in [-0.1, -0.05) is 31.2 Å². The van der Waals surface area contributed by atoms with Gasteiger partial charge in [0.25, 0.3) is 0 Å². The molecule has 0 aliphatic rings. The van der Waals surface area contributed by atoms with Crippen LogP contribution in [0.25, 0.3) is 0 Å². The summed E-state index contributed by atoms with van der Waals surface area (Å²) in [5.74, 6) is -1.36. The highest BCUT2D eigenvalue weighted by Crippen LogP contribution is 2.06. The minimum Gasteiger partial charge on any atom is -0.480 e. The number of nitrogens with one attached hydrogen (secondary N) is 1. The topological polar surface area (TPSA) is 83.5 Å². The molecular weight excluding hydrogens is 254 g/mol. The first-order valence-corrected chi connectivity index (χ1v) is 7.20. The Balaban J connectivity index is 2.67. The van der Waals surface area contributed by atoms with Crippen molar-refractivity contribution in [2.45, 2.75) is 32.1 Å². The molecule has 1 unspecified atom stereocenters. The fraction of sp³-hybridized carbons (Fsp3) is 0.417. The maximum Gasteiger partial charge on any atom is 0.323 e. The summed E-state index contributed by atoms with van der Waals surface area (Å²) >= 11 is 0. The standard InChI is InChI=1S/C12H17NO4S/c1-3-10-4-6-11(7-5-10)8-13-18(16,17)9(2)12(14)15/h4-7,9,13H,3,8H2,1-2H3,(H,14,15). The third-order valence-electron chi connectivity index (χ3n) is 2.72. The minimum atomic E-state index is -3.82. The zero-order valence-corrected chi connectivity index (χ0v) is 11.2. The molecule has 2 N–H and O–H groups in total. The maximum atomic E-state index is 11.6. The number of aryl methyl sites for hydroxylation is 1. The lowest BCUT2D eigenvalue weighted by atomic mass is 10.1. The smallest absolute Gasteiger partial charge is 0.323 e. The third-order valence-corrected chi connectivity index (χ3v) is 4.40. The van der Waals surface area contributed by atoms with Gasteiger partial charge in [-0.25, -0.2) is 13.1 Å². The van der Waals surface area contributed by atoms with Crippen LogP contribution in [0, 0.1) is 0 Å². The number of aliphatic carboxylic acids is 1. The van der Waals surface area contributed by atoms with Crippen molar-refractivity contribution in [1.29, 1.82) is 0 Å². The number of carbonyl (C=O) groups is 1. The Labute approximate surface area is 107 Å². The van der Waals surface area contributed by atoms with Gasteiger partial charge in [0, 0.05) is 6.54 Å². The second kappa shape index (κ2) is 5.97. The van der Waals surface area contributed by atoms with Crippen LogP contribution in [0.15, 0.2) is 24.3 Å². The summed E-state index contributed by atoms with van der Waals surface area (Å²) in [4.78, 5) is 10.6. The number of hydrogen-bond acceptors (Lipinski definition) is 3. The van der Waals surface area contributed by atoms with Crippen LogP contribution in [0.4, 0.5) is 0 Å². The maximum absolute atomic E-state index is 11.6. The molecule has 6 heteroatoms. The molecule has 0 radical (unpaired) electrons. The lowest BCUT2D eigenvalue weighted by molar-refractivity contribution is -0.136. The van der Waals surface area contributed by atoms with Crippen molar-refractivity contribution in [2.75, 3.05) is 0 Å². The number of benzene rings is 1. The first kappa shape index (κ1) is 14.7. The van der Waals surface area contributed by atoms with Crippen LogP contribution in [0.2, 0.25) is 0 Å². The zero-order chi connectivity index (χ0) is 13.8. The quantitative estimate of drug-likeness (QED) is 0.812. The number of rotatable bonds is 6. The van der Waals surface area contributed by atoms with Gasteiger partial charge in [-0.05, 0) is 24.5 Å².